The van der Waals surface area contributed by atoms with Crippen LogP contribution in [0.1, 0.15) is 65.9 Å². The molecule has 2 aliphatic carbocycles. The minimum atomic E-state index is -4.37. The molecule has 0 bridgehead atoms. The highest BCUT2D eigenvalue weighted by atomic mass is 19.4. The number of rotatable bonds is 7. The van der Waals surface area contributed by atoms with Crippen molar-refractivity contribution in [1.29, 1.82) is 0 Å². The SMILES string of the molecule is O=C(C[C@@H]1COCC[C@H]1NCC1CC1)c1ccc(C(F)(F)F)cc1C1CC1. The molecule has 3 fully saturated rings. The maximum absolute atomic E-state index is 13.1. The third-order valence-corrected chi connectivity index (χ3v) is 5.98. The molecule has 6 heteroatoms. The lowest BCUT2D eigenvalue weighted by molar-refractivity contribution is -0.137. The number of ether oxygens (including phenoxy) is 1. The maximum Gasteiger partial charge on any atom is 0.416 e. The summed E-state index contributed by atoms with van der Waals surface area (Å²) in [4.78, 5) is 13.0. The van der Waals surface area contributed by atoms with Crippen LogP contribution in [0.15, 0.2) is 18.2 Å². The Morgan fingerprint density at radius 2 is 1.93 bits per heavy atom. The third kappa shape index (κ3) is 4.72. The van der Waals surface area contributed by atoms with Crippen molar-refractivity contribution >= 4 is 5.78 Å². The number of carbonyl (C=O) groups is 1. The normalized spacial score (nSPS) is 26.2. The molecule has 1 aliphatic heterocycles. The highest BCUT2D eigenvalue weighted by molar-refractivity contribution is 5.98. The summed E-state index contributed by atoms with van der Waals surface area (Å²) in [5.41, 5.74) is 0.386. The maximum atomic E-state index is 13.1. The van der Waals surface area contributed by atoms with Gasteiger partial charge in [-0.1, -0.05) is 6.07 Å². The van der Waals surface area contributed by atoms with Gasteiger partial charge in [0.15, 0.2) is 5.78 Å². The molecule has 1 saturated heterocycles. The Balaban J connectivity index is 1.47. The molecule has 0 unspecified atom stereocenters. The fraction of sp³-hybridized carbons (Fsp3) is 0.667. The number of halogens is 3. The van der Waals surface area contributed by atoms with Gasteiger partial charge >= 0.3 is 6.18 Å². The van der Waals surface area contributed by atoms with E-state index in [9.17, 15) is 18.0 Å². The fourth-order valence-corrected chi connectivity index (χ4v) is 3.98. The van der Waals surface area contributed by atoms with Crippen molar-refractivity contribution in [2.75, 3.05) is 19.8 Å². The van der Waals surface area contributed by atoms with Gasteiger partial charge in [-0.3, -0.25) is 4.79 Å². The van der Waals surface area contributed by atoms with Crippen LogP contribution in [0.5, 0.6) is 0 Å². The first kappa shape index (κ1) is 18.9. The Labute approximate surface area is 157 Å². The summed E-state index contributed by atoms with van der Waals surface area (Å²) in [7, 11) is 0. The predicted octanol–water partition coefficient (Wildman–Crippen LogP) is 4.56. The van der Waals surface area contributed by atoms with Crippen molar-refractivity contribution in [3.63, 3.8) is 0 Å². The van der Waals surface area contributed by atoms with Crippen molar-refractivity contribution in [2.45, 2.75) is 56.7 Å². The molecule has 0 radical (unpaired) electrons. The first-order valence-electron chi connectivity index (χ1n) is 9.97. The minimum absolute atomic E-state index is 0.0562. The lowest BCUT2D eigenvalue weighted by Gasteiger charge is -2.32. The van der Waals surface area contributed by atoms with Gasteiger partial charge in [0.2, 0.25) is 0 Å². The molecule has 2 atom stereocenters. The summed E-state index contributed by atoms with van der Waals surface area (Å²) in [6.07, 6.45) is 1.10. The zero-order valence-corrected chi connectivity index (χ0v) is 15.4. The van der Waals surface area contributed by atoms with E-state index in [1.165, 1.54) is 25.0 Å². The van der Waals surface area contributed by atoms with Crippen LogP contribution in [0.25, 0.3) is 0 Å². The smallest absolute Gasteiger partial charge is 0.381 e. The second kappa shape index (κ2) is 7.55. The Bertz CT molecular complexity index is 695. The van der Waals surface area contributed by atoms with Crippen LogP contribution in [-0.4, -0.2) is 31.6 Å². The van der Waals surface area contributed by atoms with Gasteiger partial charge in [0.25, 0.3) is 0 Å². The molecule has 3 aliphatic rings. The van der Waals surface area contributed by atoms with Crippen molar-refractivity contribution < 1.29 is 22.7 Å². The minimum Gasteiger partial charge on any atom is -0.381 e. The number of alkyl halides is 3. The lowest BCUT2D eigenvalue weighted by atomic mass is 9.87. The number of Topliss-reactive ketones (excluding diaryl/α,β-unsaturated/α-hetero) is 1. The van der Waals surface area contributed by atoms with E-state index >= 15 is 0 Å². The molecular formula is C21H26F3NO2. The first-order valence-corrected chi connectivity index (χ1v) is 9.97. The third-order valence-electron chi connectivity index (χ3n) is 5.98. The molecule has 1 aromatic carbocycles. The van der Waals surface area contributed by atoms with Gasteiger partial charge < -0.3 is 10.1 Å². The molecule has 2 saturated carbocycles. The van der Waals surface area contributed by atoms with Crippen LogP contribution >= 0.6 is 0 Å². The number of hydrogen-bond acceptors (Lipinski definition) is 3. The second-order valence-corrected chi connectivity index (χ2v) is 8.28. The Morgan fingerprint density at radius 3 is 2.59 bits per heavy atom. The molecule has 148 valence electrons. The van der Waals surface area contributed by atoms with E-state index < -0.39 is 11.7 Å². The summed E-state index contributed by atoms with van der Waals surface area (Å²) < 4.78 is 44.7. The summed E-state index contributed by atoms with van der Waals surface area (Å²) in [5.74, 6) is 0.886. The average Bonchev–Trinajstić information content (AvgIpc) is 3.54. The van der Waals surface area contributed by atoms with Gasteiger partial charge in [0.1, 0.15) is 0 Å². The molecule has 1 N–H and O–H groups in total. The van der Waals surface area contributed by atoms with Gasteiger partial charge in [-0.05, 0) is 68.2 Å². The predicted molar refractivity (Wildman–Crippen MR) is 95.8 cm³/mol. The van der Waals surface area contributed by atoms with Crippen molar-refractivity contribution in [3.05, 3.63) is 34.9 Å². The van der Waals surface area contributed by atoms with Crippen molar-refractivity contribution in [2.24, 2.45) is 11.8 Å². The highest BCUT2D eigenvalue weighted by Crippen LogP contribution is 2.44. The van der Waals surface area contributed by atoms with E-state index in [0.29, 0.717) is 30.8 Å². The van der Waals surface area contributed by atoms with Crippen LogP contribution in [0, 0.1) is 11.8 Å². The van der Waals surface area contributed by atoms with Crippen LogP contribution in [-0.2, 0) is 10.9 Å². The average molecular weight is 381 g/mol. The van der Waals surface area contributed by atoms with E-state index in [0.717, 1.165) is 37.8 Å². The van der Waals surface area contributed by atoms with Gasteiger partial charge in [-0.2, -0.15) is 13.2 Å². The molecule has 0 amide bonds. The van der Waals surface area contributed by atoms with Gasteiger partial charge in [-0.25, -0.2) is 0 Å². The monoisotopic (exact) mass is 381 g/mol. The molecular weight excluding hydrogens is 355 g/mol. The number of carbonyl (C=O) groups excluding carboxylic acids is 1. The Kier molecular flexibility index (Phi) is 5.30. The van der Waals surface area contributed by atoms with Crippen molar-refractivity contribution in [3.8, 4) is 0 Å². The zero-order chi connectivity index (χ0) is 19.0. The fourth-order valence-electron chi connectivity index (χ4n) is 3.98. The molecule has 0 aromatic heterocycles. The molecule has 0 spiro atoms. The largest absolute Gasteiger partial charge is 0.416 e. The Morgan fingerprint density at radius 1 is 1.15 bits per heavy atom. The second-order valence-electron chi connectivity index (χ2n) is 8.28. The van der Waals surface area contributed by atoms with Crippen LogP contribution in [0.3, 0.4) is 0 Å². The van der Waals surface area contributed by atoms with Gasteiger partial charge in [0.05, 0.1) is 12.2 Å². The van der Waals surface area contributed by atoms with E-state index in [2.05, 4.69) is 5.32 Å². The summed E-state index contributed by atoms with van der Waals surface area (Å²) in [5, 5.41) is 3.59. The topological polar surface area (TPSA) is 38.3 Å². The molecule has 27 heavy (non-hydrogen) atoms. The zero-order valence-electron chi connectivity index (χ0n) is 15.4. The van der Waals surface area contributed by atoms with Crippen molar-refractivity contribution in [1.82, 2.24) is 5.32 Å². The van der Waals surface area contributed by atoms with Crippen LogP contribution in [0.2, 0.25) is 0 Å². The molecule has 3 nitrogen and oxygen atoms in total. The quantitative estimate of drug-likeness (QED) is 0.704. The molecule has 1 heterocycles. The summed E-state index contributed by atoms with van der Waals surface area (Å²) in [6, 6.07) is 3.86. The van der Waals surface area contributed by atoms with E-state index in [1.807, 2.05) is 0 Å². The molecule has 1 aromatic rings. The van der Waals surface area contributed by atoms with E-state index in [4.69, 9.17) is 4.74 Å². The lowest BCUT2D eigenvalue weighted by Crippen LogP contribution is -2.44. The first-order chi connectivity index (χ1) is 12.9. The number of benzene rings is 1. The number of hydrogen-bond donors (Lipinski definition) is 1. The number of ketones is 1. The summed E-state index contributed by atoms with van der Waals surface area (Å²) >= 11 is 0. The van der Waals surface area contributed by atoms with Gasteiger partial charge in [0, 0.05) is 30.6 Å². The molecule has 4 rings (SSSR count). The standard InChI is InChI=1S/C21H26F3NO2/c22-21(23,24)16-5-6-17(18(10-16)14-3-4-14)20(26)9-15-12-27-8-7-19(15)25-11-13-1-2-13/h5-6,10,13-15,19,25H,1-4,7-9,11-12H2/t15-,19-/m1/s1. The van der Waals surface area contributed by atoms with E-state index in [-0.39, 0.29) is 23.7 Å². The highest BCUT2D eigenvalue weighted by Gasteiger charge is 2.36. The number of nitrogens with one attached hydrogen (secondary N) is 1. The van der Waals surface area contributed by atoms with Gasteiger partial charge in [-0.15, -0.1) is 0 Å². The van der Waals surface area contributed by atoms with Crippen LogP contribution in [0.4, 0.5) is 13.2 Å². The van der Waals surface area contributed by atoms with E-state index in [1.54, 1.807) is 0 Å². The van der Waals surface area contributed by atoms with Crippen LogP contribution < -0.4 is 5.32 Å². The summed E-state index contributed by atoms with van der Waals surface area (Å²) in [6.45, 7) is 2.22. The Hall–Kier alpha value is -1.40.